The van der Waals surface area contributed by atoms with Crippen LogP contribution in [0.3, 0.4) is 0 Å². The largest absolute Gasteiger partial charge is 0.460 e. The third-order valence-electron chi connectivity index (χ3n) is 4.23. The molecule has 0 saturated carbocycles. The standard InChI is InChI=1S/C21H32O7S/c1-15-7-9-18(10-8-15)29(23,24)25-12-11-16-13-17(27-21(5,6)26-16)14-19(22)28-20(2,3)4/h7-10,16-17H,11-14H2,1-6H3. The number of esters is 1. The zero-order chi connectivity index (χ0) is 21.9. The average Bonchev–Trinajstić information content (AvgIpc) is 2.51. The number of rotatable bonds is 7. The van der Waals surface area contributed by atoms with Crippen molar-refractivity contribution in [2.45, 2.75) is 89.3 Å². The van der Waals surface area contributed by atoms with Crippen LogP contribution in [0.5, 0.6) is 0 Å². The third kappa shape index (κ3) is 8.04. The number of aryl methyl sites for hydroxylation is 1. The van der Waals surface area contributed by atoms with Crippen molar-refractivity contribution in [2.75, 3.05) is 6.61 Å². The maximum absolute atomic E-state index is 12.3. The molecule has 7 nitrogen and oxygen atoms in total. The second-order valence-corrected chi connectivity index (χ2v) is 10.4. The Morgan fingerprint density at radius 3 is 2.31 bits per heavy atom. The summed E-state index contributed by atoms with van der Waals surface area (Å²) in [6.07, 6.45) is 0.272. The van der Waals surface area contributed by atoms with Crippen LogP contribution in [0.4, 0.5) is 0 Å². The van der Waals surface area contributed by atoms with Gasteiger partial charge in [-0.3, -0.25) is 8.98 Å². The fourth-order valence-electron chi connectivity index (χ4n) is 3.15. The molecule has 0 bridgehead atoms. The molecule has 1 aromatic carbocycles. The summed E-state index contributed by atoms with van der Waals surface area (Å²) >= 11 is 0. The van der Waals surface area contributed by atoms with Crippen molar-refractivity contribution in [3.05, 3.63) is 29.8 Å². The van der Waals surface area contributed by atoms with Gasteiger partial charge < -0.3 is 14.2 Å². The maximum atomic E-state index is 12.3. The summed E-state index contributed by atoms with van der Waals surface area (Å²) in [6.45, 7) is 10.8. The fraction of sp³-hybridized carbons (Fsp3) is 0.667. The van der Waals surface area contributed by atoms with Crippen LogP contribution >= 0.6 is 0 Å². The second-order valence-electron chi connectivity index (χ2n) is 8.78. The fourth-order valence-corrected chi connectivity index (χ4v) is 4.07. The molecular weight excluding hydrogens is 396 g/mol. The highest BCUT2D eigenvalue weighted by Crippen LogP contribution is 2.30. The minimum absolute atomic E-state index is 0.0177. The lowest BCUT2D eigenvalue weighted by atomic mass is 10.0. The number of carbonyl (C=O) groups is 1. The predicted octanol–water partition coefficient (Wildman–Crippen LogP) is 3.73. The van der Waals surface area contributed by atoms with Crippen molar-refractivity contribution in [1.29, 1.82) is 0 Å². The Morgan fingerprint density at radius 2 is 1.72 bits per heavy atom. The van der Waals surface area contributed by atoms with Crippen LogP contribution in [0.2, 0.25) is 0 Å². The summed E-state index contributed by atoms with van der Waals surface area (Å²) in [5.74, 6) is -1.22. The van der Waals surface area contributed by atoms with E-state index in [4.69, 9.17) is 18.4 Å². The zero-order valence-electron chi connectivity index (χ0n) is 18.1. The summed E-state index contributed by atoms with van der Waals surface area (Å²) < 4.78 is 46.9. The summed E-state index contributed by atoms with van der Waals surface area (Å²) in [5, 5.41) is 0. The van der Waals surface area contributed by atoms with E-state index in [9.17, 15) is 13.2 Å². The summed E-state index contributed by atoms with van der Waals surface area (Å²) in [6, 6.07) is 6.49. The van der Waals surface area contributed by atoms with Crippen molar-refractivity contribution in [3.8, 4) is 0 Å². The van der Waals surface area contributed by atoms with Crippen LogP contribution in [0.1, 0.15) is 59.4 Å². The molecule has 1 heterocycles. The van der Waals surface area contributed by atoms with E-state index < -0.39 is 21.5 Å². The van der Waals surface area contributed by atoms with E-state index in [0.717, 1.165) is 5.56 Å². The predicted molar refractivity (Wildman–Crippen MR) is 108 cm³/mol. The molecule has 0 spiro atoms. The SMILES string of the molecule is Cc1ccc(S(=O)(=O)OCCC2CC(CC(=O)OC(C)(C)C)OC(C)(C)O2)cc1. The molecule has 0 amide bonds. The number of hydrogen-bond acceptors (Lipinski definition) is 7. The molecule has 164 valence electrons. The van der Waals surface area contributed by atoms with Gasteiger partial charge in [0, 0.05) is 6.42 Å². The Bertz CT molecular complexity index is 791. The van der Waals surface area contributed by atoms with Crippen molar-refractivity contribution in [3.63, 3.8) is 0 Å². The van der Waals surface area contributed by atoms with E-state index in [1.54, 1.807) is 26.0 Å². The van der Waals surface area contributed by atoms with Gasteiger partial charge in [-0.15, -0.1) is 0 Å². The summed E-state index contributed by atoms with van der Waals surface area (Å²) in [7, 11) is -3.82. The first-order chi connectivity index (χ1) is 13.3. The van der Waals surface area contributed by atoms with Gasteiger partial charge in [-0.1, -0.05) is 17.7 Å². The average molecular weight is 429 g/mol. The van der Waals surface area contributed by atoms with Crippen LogP contribution in [0.25, 0.3) is 0 Å². The Labute approximate surface area is 173 Å². The number of carbonyl (C=O) groups excluding carboxylic acids is 1. The molecule has 1 aliphatic heterocycles. The zero-order valence-corrected chi connectivity index (χ0v) is 18.9. The van der Waals surface area contributed by atoms with E-state index in [1.165, 1.54) is 12.1 Å². The second kappa shape index (κ2) is 9.12. The van der Waals surface area contributed by atoms with Gasteiger partial charge in [-0.05, 0) is 60.1 Å². The number of ether oxygens (including phenoxy) is 3. The first-order valence-corrected chi connectivity index (χ1v) is 11.2. The lowest BCUT2D eigenvalue weighted by molar-refractivity contribution is -0.301. The Morgan fingerprint density at radius 1 is 1.14 bits per heavy atom. The van der Waals surface area contributed by atoms with Crippen molar-refractivity contribution in [1.82, 2.24) is 0 Å². The molecule has 0 radical (unpaired) electrons. The van der Waals surface area contributed by atoms with E-state index in [2.05, 4.69) is 0 Å². The van der Waals surface area contributed by atoms with Crippen LogP contribution in [-0.4, -0.2) is 44.6 Å². The third-order valence-corrected chi connectivity index (χ3v) is 5.56. The van der Waals surface area contributed by atoms with Gasteiger partial charge in [0.05, 0.1) is 30.1 Å². The maximum Gasteiger partial charge on any atom is 0.308 e. The lowest BCUT2D eigenvalue weighted by Crippen LogP contribution is -2.46. The van der Waals surface area contributed by atoms with Crippen LogP contribution in [0, 0.1) is 6.92 Å². The Kier molecular flexibility index (Phi) is 7.48. The molecule has 8 heteroatoms. The molecule has 0 N–H and O–H groups in total. The molecular formula is C21H32O7S. The molecule has 2 unspecified atom stereocenters. The quantitative estimate of drug-likeness (QED) is 0.483. The van der Waals surface area contributed by atoms with Crippen molar-refractivity contribution in [2.24, 2.45) is 0 Å². The van der Waals surface area contributed by atoms with E-state index in [0.29, 0.717) is 12.8 Å². The van der Waals surface area contributed by atoms with Crippen LogP contribution in [-0.2, 0) is 33.3 Å². The minimum atomic E-state index is -3.82. The van der Waals surface area contributed by atoms with Gasteiger partial charge in [-0.25, -0.2) is 0 Å². The molecule has 0 aromatic heterocycles. The van der Waals surface area contributed by atoms with Gasteiger partial charge in [0.2, 0.25) is 0 Å². The highest BCUT2D eigenvalue weighted by Gasteiger charge is 2.37. The Hall–Kier alpha value is -1.48. The summed E-state index contributed by atoms with van der Waals surface area (Å²) in [5.41, 5.74) is 0.410. The minimum Gasteiger partial charge on any atom is -0.460 e. The molecule has 1 saturated heterocycles. The van der Waals surface area contributed by atoms with Crippen molar-refractivity contribution >= 4 is 16.1 Å². The first-order valence-electron chi connectivity index (χ1n) is 9.79. The van der Waals surface area contributed by atoms with Crippen molar-refractivity contribution < 1.29 is 31.6 Å². The molecule has 0 aliphatic carbocycles. The molecule has 2 rings (SSSR count). The molecule has 1 aliphatic rings. The van der Waals surface area contributed by atoms with E-state index >= 15 is 0 Å². The number of hydrogen-bond donors (Lipinski definition) is 0. The van der Waals surface area contributed by atoms with E-state index in [-0.39, 0.29) is 36.1 Å². The molecule has 1 aromatic rings. The monoisotopic (exact) mass is 428 g/mol. The van der Waals surface area contributed by atoms with Gasteiger partial charge in [0.1, 0.15) is 5.60 Å². The summed E-state index contributed by atoms with van der Waals surface area (Å²) in [4.78, 5) is 12.2. The normalized spacial score (nSPS) is 22.3. The molecule has 2 atom stereocenters. The van der Waals surface area contributed by atoms with Gasteiger partial charge >= 0.3 is 5.97 Å². The molecule has 29 heavy (non-hydrogen) atoms. The number of benzene rings is 1. The highest BCUT2D eigenvalue weighted by atomic mass is 32.2. The van der Waals surface area contributed by atoms with Crippen LogP contribution < -0.4 is 0 Å². The molecule has 1 fully saturated rings. The Balaban J connectivity index is 1.90. The van der Waals surface area contributed by atoms with Crippen LogP contribution in [0.15, 0.2) is 29.2 Å². The topological polar surface area (TPSA) is 88.1 Å². The smallest absolute Gasteiger partial charge is 0.308 e. The first kappa shape index (κ1) is 23.8. The van der Waals surface area contributed by atoms with Gasteiger partial charge in [0.25, 0.3) is 10.1 Å². The highest BCUT2D eigenvalue weighted by molar-refractivity contribution is 7.86. The van der Waals surface area contributed by atoms with Gasteiger partial charge in [0.15, 0.2) is 5.79 Å². The van der Waals surface area contributed by atoms with E-state index in [1.807, 2.05) is 27.7 Å². The van der Waals surface area contributed by atoms with Gasteiger partial charge in [-0.2, -0.15) is 8.42 Å². The lowest BCUT2D eigenvalue weighted by Gasteiger charge is -2.40.